The molecule has 0 fully saturated rings. The molecule has 0 aliphatic rings. The van der Waals surface area contributed by atoms with Crippen LogP contribution in [-0.2, 0) is 17.1 Å². The number of fused-ring (bicyclic) bond motifs is 1. The van der Waals surface area contributed by atoms with Crippen LogP contribution >= 0.6 is 34.9 Å². The van der Waals surface area contributed by atoms with Crippen LogP contribution in [0.25, 0.3) is 22.3 Å². The molecule has 0 saturated heterocycles. The maximum atomic E-state index is 12.7. The van der Waals surface area contributed by atoms with Crippen LogP contribution < -0.4 is 5.32 Å². The molecule has 0 atom stereocenters. The molecule has 0 spiro atoms. The van der Waals surface area contributed by atoms with Crippen LogP contribution in [0.4, 0.5) is 5.13 Å². The Balaban J connectivity index is 1.50. The summed E-state index contributed by atoms with van der Waals surface area (Å²) in [6, 6.07) is 16.2. The van der Waals surface area contributed by atoms with Crippen molar-refractivity contribution in [3.8, 4) is 11.3 Å². The van der Waals surface area contributed by atoms with Gasteiger partial charge in [0.25, 0.3) is 0 Å². The standard InChI is InChI=1S/C21H20N4OS3/c1-27-13-19-22-16-5-3-4-6-18(16)25(19)11-20(26)24-21-23-17(12-29-21)14-7-9-15(28-2)10-8-14/h3-10,12H,11,13H2,1-2H3,(H,23,24,26). The van der Waals surface area contributed by atoms with E-state index in [1.807, 2.05) is 40.5 Å². The van der Waals surface area contributed by atoms with Gasteiger partial charge in [0.15, 0.2) is 5.13 Å². The molecule has 2 aromatic carbocycles. The minimum atomic E-state index is -0.103. The Morgan fingerprint density at radius 2 is 1.90 bits per heavy atom. The molecule has 0 saturated carbocycles. The number of carbonyl (C=O) groups excluding carboxylic acids is 1. The van der Waals surface area contributed by atoms with E-state index in [1.54, 1.807) is 23.5 Å². The predicted octanol–water partition coefficient (Wildman–Crippen LogP) is 5.38. The molecule has 0 bridgehead atoms. The highest BCUT2D eigenvalue weighted by molar-refractivity contribution is 7.98. The molecular formula is C21H20N4OS3. The number of nitrogens with one attached hydrogen (secondary N) is 1. The van der Waals surface area contributed by atoms with Crippen LogP contribution in [0.15, 0.2) is 58.8 Å². The van der Waals surface area contributed by atoms with Gasteiger partial charge in [-0.25, -0.2) is 9.97 Å². The fraction of sp³-hybridized carbons (Fsp3) is 0.190. The molecule has 29 heavy (non-hydrogen) atoms. The van der Waals surface area contributed by atoms with Crippen molar-refractivity contribution in [1.82, 2.24) is 14.5 Å². The van der Waals surface area contributed by atoms with Crippen molar-refractivity contribution in [2.75, 3.05) is 17.8 Å². The number of nitrogens with zero attached hydrogens (tertiary/aromatic N) is 3. The average molecular weight is 441 g/mol. The van der Waals surface area contributed by atoms with Gasteiger partial charge in [0.1, 0.15) is 12.4 Å². The summed E-state index contributed by atoms with van der Waals surface area (Å²) < 4.78 is 1.98. The number of hydrogen-bond donors (Lipinski definition) is 1. The lowest BCUT2D eigenvalue weighted by atomic mass is 10.2. The molecule has 4 aromatic rings. The lowest BCUT2D eigenvalue weighted by Crippen LogP contribution is -2.20. The molecular weight excluding hydrogens is 420 g/mol. The smallest absolute Gasteiger partial charge is 0.246 e. The van der Waals surface area contributed by atoms with E-state index in [1.165, 1.54) is 16.2 Å². The number of aromatic nitrogens is 3. The largest absolute Gasteiger partial charge is 0.318 e. The van der Waals surface area contributed by atoms with Gasteiger partial charge in [0.05, 0.1) is 22.5 Å². The van der Waals surface area contributed by atoms with Gasteiger partial charge in [-0.2, -0.15) is 11.8 Å². The van der Waals surface area contributed by atoms with Crippen LogP contribution in [-0.4, -0.2) is 33.0 Å². The summed E-state index contributed by atoms with van der Waals surface area (Å²) in [6.07, 6.45) is 4.09. The van der Waals surface area contributed by atoms with Gasteiger partial charge in [-0.3, -0.25) is 4.79 Å². The molecule has 5 nitrogen and oxygen atoms in total. The molecule has 1 amide bonds. The van der Waals surface area contributed by atoms with E-state index in [0.717, 1.165) is 33.9 Å². The lowest BCUT2D eigenvalue weighted by molar-refractivity contribution is -0.116. The summed E-state index contributed by atoms with van der Waals surface area (Å²) in [4.78, 5) is 23.2. The number of imidazole rings is 1. The van der Waals surface area contributed by atoms with E-state index in [2.05, 4.69) is 45.8 Å². The number of carbonyl (C=O) groups is 1. The monoisotopic (exact) mass is 440 g/mol. The minimum absolute atomic E-state index is 0.103. The van der Waals surface area contributed by atoms with Gasteiger partial charge < -0.3 is 9.88 Å². The lowest BCUT2D eigenvalue weighted by Gasteiger charge is -2.08. The summed E-state index contributed by atoms with van der Waals surface area (Å²) in [6.45, 7) is 0.216. The maximum absolute atomic E-state index is 12.7. The highest BCUT2D eigenvalue weighted by Crippen LogP contribution is 2.27. The zero-order valence-electron chi connectivity index (χ0n) is 16.1. The van der Waals surface area contributed by atoms with Crippen LogP contribution in [0.3, 0.4) is 0 Å². The van der Waals surface area contributed by atoms with E-state index in [4.69, 9.17) is 0 Å². The molecule has 0 radical (unpaired) electrons. The molecule has 1 N–H and O–H groups in total. The Morgan fingerprint density at radius 3 is 2.66 bits per heavy atom. The van der Waals surface area contributed by atoms with Crippen molar-refractivity contribution >= 4 is 56.9 Å². The molecule has 2 heterocycles. The number of anilines is 1. The van der Waals surface area contributed by atoms with Crippen LogP contribution in [0.2, 0.25) is 0 Å². The molecule has 148 valence electrons. The SMILES string of the molecule is CSCc1nc2ccccc2n1CC(=O)Nc1nc(-c2ccc(SC)cc2)cs1. The number of thioether (sulfide) groups is 2. The van der Waals surface area contributed by atoms with Gasteiger partial charge in [-0.1, -0.05) is 24.3 Å². The summed E-state index contributed by atoms with van der Waals surface area (Å²) in [5.74, 6) is 1.56. The number of amides is 1. The summed E-state index contributed by atoms with van der Waals surface area (Å²) >= 11 is 4.84. The van der Waals surface area contributed by atoms with E-state index in [-0.39, 0.29) is 12.5 Å². The highest BCUT2D eigenvalue weighted by Gasteiger charge is 2.14. The van der Waals surface area contributed by atoms with Crippen LogP contribution in [0.5, 0.6) is 0 Å². The number of rotatable bonds is 7. The molecule has 2 aromatic heterocycles. The van der Waals surface area contributed by atoms with Crippen molar-refractivity contribution < 1.29 is 4.79 Å². The van der Waals surface area contributed by atoms with Gasteiger partial charge in [-0.05, 0) is 36.8 Å². The van der Waals surface area contributed by atoms with Crippen LogP contribution in [0.1, 0.15) is 5.82 Å². The van der Waals surface area contributed by atoms with Crippen molar-refractivity contribution in [3.63, 3.8) is 0 Å². The maximum Gasteiger partial charge on any atom is 0.246 e. The first-order valence-corrected chi connectivity index (χ1v) is 12.5. The van der Waals surface area contributed by atoms with E-state index < -0.39 is 0 Å². The summed E-state index contributed by atoms with van der Waals surface area (Å²) in [7, 11) is 0. The molecule has 8 heteroatoms. The second-order valence-electron chi connectivity index (χ2n) is 6.35. The fourth-order valence-corrected chi connectivity index (χ4v) is 4.69. The second kappa shape index (κ2) is 9.02. The van der Waals surface area contributed by atoms with Crippen LogP contribution in [0, 0.1) is 0 Å². The number of hydrogen-bond acceptors (Lipinski definition) is 6. The first-order chi connectivity index (χ1) is 14.2. The highest BCUT2D eigenvalue weighted by atomic mass is 32.2. The number of benzene rings is 2. The Hall–Kier alpha value is -2.29. The quantitative estimate of drug-likeness (QED) is 0.391. The second-order valence-corrected chi connectivity index (χ2v) is 8.95. The first kappa shape index (κ1) is 20.0. The van der Waals surface area contributed by atoms with Crippen molar-refractivity contribution in [3.05, 3.63) is 59.7 Å². The zero-order chi connectivity index (χ0) is 20.2. The van der Waals surface area contributed by atoms with Gasteiger partial charge in [0.2, 0.25) is 5.91 Å². The summed E-state index contributed by atoms with van der Waals surface area (Å²) in [5.41, 5.74) is 3.80. The Labute approximate surface area is 182 Å². The van der Waals surface area contributed by atoms with Gasteiger partial charge in [-0.15, -0.1) is 23.1 Å². The minimum Gasteiger partial charge on any atom is -0.318 e. The topological polar surface area (TPSA) is 59.8 Å². The Morgan fingerprint density at radius 1 is 1.10 bits per heavy atom. The molecule has 0 unspecified atom stereocenters. The van der Waals surface area contributed by atoms with Gasteiger partial charge >= 0.3 is 0 Å². The van der Waals surface area contributed by atoms with Crippen molar-refractivity contribution in [2.45, 2.75) is 17.2 Å². The predicted molar refractivity (Wildman–Crippen MR) is 125 cm³/mol. The van der Waals surface area contributed by atoms with Crippen molar-refractivity contribution in [1.29, 1.82) is 0 Å². The average Bonchev–Trinajstić information content (AvgIpc) is 3.33. The molecule has 0 aliphatic heterocycles. The third kappa shape index (κ3) is 4.49. The third-order valence-corrected chi connectivity index (χ3v) is 6.49. The van der Waals surface area contributed by atoms with E-state index in [9.17, 15) is 4.79 Å². The Bertz CT molecular complexity index is 1130. The molecule has 0 aliphatic carbocycles. The van der Waals surface area contributed by atoms with Gasteiger partial charge in [0, 0.05) is 15.8 Å². The number of thiazole rings is 1. The third-order valence-electron chi connectivity index (χ3n) is 4.45. The van der Waals surface area contributed by atoms with E-state index >= 15 is 0 Å². The van der Waals surface area contributed by atoms with Crippen molar-refractivity contribution in [2.24, 2.45) is 0 Å². The first-order valence-electron chi connectivity index (χ1n) is 9.01. The zero-order valence-corrected chi connectivity index (χ0v) is 18.5. The summed E-state index contributed by atoms with van der Waals surface area (Å²) in [5, 5.41) is 5.51. The number of para-hydroxylation sites is 2. The normalized spacial score (nSPS) is 11.1. The van der Waals surface area contributed by atoms with E-state index in [0.29, 0.717) is 5.13 Å². The fourth-order valence-electron chi connectivity index (χ4n) is 3.07. The Kier molecular flexibility index (Phi) is 6.22. The molecule has 4 rings (SSSR count).